The predicted molar refractivity (Wildman–Crippen MR) is 45.9 cm³/mol. The van der Waals surface area contributed by atoms with Crippen LogP contribution in [-0.2, 0) is 6.42 Å². The summed E-state index contributed by atoms with van der Waals surface area (Å²) in [5, 5.41) is 0. The first-order chi connectivity index (χ1) is 5.24. The van der Waals surface area contributed by atoms with E-state index >= 15 is 0 Å². The summed E-state index contributed by atoms with van der Waals surface area (Å²) in [5.74, 6) is 0.553. The molecule has 0 saturated carbocycles. The molecule has 3 N–H and O–H groups in total. The standard InChI is InChI=1S/C7H9N3Se/c1-2-3-5-4-9-7(11)10-6(5)8/h2,4H,1,3H2,(H3,8,9,10,11). The van der Waals surface area contributed by atoms with Gasteiger partial charge in [-0.25, -0.2) is 0 Å². The zero-order chi connectivity index (χ0) is 8.27. The number of H-pyrrole nitrogens is 1. The SMILES string of the molecule is C=CCc1c[nH]c(=[Se])nc1N. The Labute approximate surface area is 72.7 Å². The van der Waals surface area contributed by atoms with Crippen molar-refractivity contribution in [1.29, 1.82) is 0 Å². The molecule has 0 fully saturated rings. The van der Waals surface area contributed by atoms with Crippen LogP contribution in [0.2, 0.25) is 0 Å². The normalized spacial score (nSPS) is 9.45. The van der Waals surface area contributed by atoms with Crippen LogP contribution in [0.5, 0.6) is 0 Å². The van der Waals surface area contributed by atoms with Gasteiger partial charge in [0.05, 0.1) is 0 Å². The summed E-state index contributed by atoms with van der Waals surface area (Å²) in [6.45, 7) is 3.61. The Morgan fingerprint density at radius 2 is 2.55 bits per heavy atom. The number of allylic oxidation sites excluding steroid dienone is 1. The number of aromatic nitrogens is 2. The topological polar surface area (TPSA) is 54.7 Å². The third kappa shape index (κ3) is 2.03. The first-order valence-electron chi connectivity index (χ1n) is 3.19. The Bertz CT molecular complexity index is 316. The van der Waals surface area contributed by atoms with Crippen molar-refractivity contribution in [3.63, 3.8) is 0 Å². The van der Waals surface area contributed by atoms with Gasteiger partial charge in [-0.1, -0.05) is 0 Å². The van der Waals surface area contributed by atoms with E-state index in [0.717, 1.165) is 12.0 Å². The summed E-state index contributed by atoms with van der Waals surface area (Å²) < 4.78 is 0.704. The van der Waals surface area contributed by atoms with Gasteiger partial charge in [0, 0.05) is 0 Å². The van der Waals surface area contributed by atoms with Crippen molar-refractivity contribution >= 4 is 21.4 Å². The molecule has 3 nitrogen and oxygen atoms in total. The molecule has 1 heterocycles. The Balaban J connectivity index is 3.08. The van der Waals surface area contributed by atoms with Gasteiger partial charge in [-0.05, 0) is 0 Å². The quantitative estimate of drug-likeness (QED) is 0.553. The molecule has 0 aromatic carbocycles. The number of nitrogen functional groups attached to an aromatic ring is 1. The predicted octanol–water partition coefficient (Wildman–Crippen LogP) is 0.421. The molecule has 58 valence electrons. The second-order valence-corrected chi connectivity index (χ2v) is 2.92. The molecule has 0 aliphatic heterocycles. The molecule has 0 radical (unpaired) electrons. The zero-order valence-corrected chi connectivity index (χ0v) is 7.71. The van der Waals surface area contributed by atoms with E-state index in [0.29, 0.717) is 10.1 Å². The minimum atomic E-state index is 0.553. The van der Waals surface area contributed by atoms with Crippen molar-refractivity contribution in [3.8, 4) is 0 Å². The third-order valence-electron chi connectivity index (χ3n) is 1.29. The van der Waals surface area contributed by atoms with E-state index in [1.54, 1.807) is 6.08 Å². The van der Waals surface area contributed by atoms with Gasteiger partial charge in [-0.15, -0.1) is 0 Å². The van der Waals surface area contributed by atoms with Gasteiger partial charge >= 0.3 is 72.3 Å². The first kappa shape index (κ1) is 8.24. The molecule has 1 aromatic heterocycles. The van der Waals surface area contributed by atoms with E-state index in [1.165, 1.54) is 0 Å². The molecule has 1 aromatic rings. The summed E-state index contributed by atoms with van der Waals surface area (Å²) in [7, 11) is 0. The molecule has 0 aliphatic carbocycles. The summed E-state index contributed by atoms with van der Waals surface area (Å²) in [5.41, 5.74) is 6.58. The number of anilines is 1. The van der Waals surface area contributed by atoms with Crippen molar-refractivity contribution < 1.29 is 0 Å². The average molecular weight is 214 g/mol. The van der Waals surface area contributed by atoms with Gasteiger partial charge in [-0.3, -0.25) is 0 Å². The van der Waals surface area contributed by atoms with Crippen molar-refractivity contribution in [2.24, 2.45) is 0 Å². The van der Waals surface area contributed by atoms with Gasteiger partial charge in [-0.2, -0.15) is 0 Å². The fourth-order valence-corrected chi connectivity index (χ4v) is 1.09. The minimum absolute atomic E-state index is 0.553. The van der Waals surface area contributed by atoms with Crippen molar-refractivity contribution in [2.75, 3.05) is 5.73 Å². The number of rotatable bonds is 2. The third-order valence-corrected chi connectivity index (χ3v) is 1.72. The van der Waals surface area contributed by atoms with E-state index in [1.807, 2.05) is 6.20 Å². The summed E-state index contributed by atoms with van der Waals surface area (Å²) >= 11 is 2.74. The summed E-state index contributed by atoms with van der Waals surface area (Å²) in [6, 6.07) is 0. The number of hydrogen-bond acceptors (Lipinski definition) is 2. The van der Waals surface area contributed by atoms with Crippen molar-refractivity contribution in [2.45, 2.75) is 6.42 Å². The Morgan fingerprint density at radius 1 is 1.82 bits per heavy atom. The van der Waals surface area contributed by atoms with Crippen molar-refractivity contribution in [1.82, 2.24) is 9.97 Å². The molecule has 4 heteroatoms. The molecule has 11 heavy (non-hydrogen) atoms. The van der Waals surface area contributed by atoms with E-state index in [2.05, 4.69) is 32.1 Å². The van der Waals surface area contributed by atoms with E-state index in [4.69, 9.17) is 5.73 Å². The van der Waals surface area contributed by atoms with Crippen LogP contribution in [0, 0.1) is 4.32 Å². The van der Waals surface area contributed by atoms with Crippen LogP contribution >= 0.6 is 0 Å². The van der Waals surface area contributed by atoms with E-state index in [-0.39, 0.29) is 0 Å². The second-order valence-electron chi connectivity index (χ2n) is 2.11. The molecule has 0 amide bonds. The van der Waals surface area contributed by atoms with E-state index < -0.39 is 0 Å². The fourth-order valence-electron chi connectivity index (χ4n) is 0.755. The summed E-state index contributed by atoms with van der Waals surface area (Å²) in [6.07, 6.45) is 4.37. The van der Waals surface area contributed by atoms with E-state index in [9.17, 15) is 0 Å². The van der Waals surface area contributed by atoms with Gasteiger partial charge < -0.3 is 0 Å². The van der Waals surface area contributed by atoms with Crippen LogP contribution in [0.15, 0.2) is 18.9 Å². The fraction of sp³-hybridized carbons (Fsp3) is 0.143. The number of nitrogens with one attached hydrogen (secondary N) is 1. The van der Waals surface area contributed by atoms with Crippen LogP contribution in [-0.4, -0.2) is 25.5 Å². The Morgan fingerprint density at radius 3 is 3.09 bits per heavy atom. The molecule has 0 aliphatic rings. The Hall–Kier alpha value is -0.861. The van der Waals surface area contributed by atoms with Gasteiger partial charge in [0.25, 0.3) is 0 Å². The Kier molecular flexibility index (Phi) is 2.63. The molecule has 1 rings (SSSR count). The molecule has 0 saturated heterocycles. The monoisotopic (exact) mass is 215 g/mol. The molecule has 0 unspecified atom stereocenters. The second kappa shape index (κ2) is 3.51. The van der Waals surface area contributed by atoms with Crippen LogP contribution in [0.3, 0.4) is 0 Å². The van der Waals surface area contributed by atoms with Gasteiger partial charge in [0.2, 0.25) is 0 Å². The van der Waals surface area contributed by atoms with Crippen molar-refractivity contribution in [3.05, 3.63) is 28.7 Å². The first-order valence-corrected chi connectivity index (χ1v) is 4.04. The molecule has 0 spiro atoms. The molecular weight excluding hydrogens is 205 g/mol. The van der Waals surface area contributed by atoms with Crippen LogP contribution in [0.4, 0.5) is 5.82 Å². The molecule has 0 bridgehead atoms. The maximum atomic E-state index is 5.61. The number of nitrogens with zero attached hydrogens (tertiary/aromatic N) is 1. The molecule has 0 atom stereocenters. The molecular formula is C7H9N3Se. The maximum absolute atomic E-state index is 5.61. The van der Waals surface area contributed by atoms with Crippen LogP contribution < -0.4 is 5.73 Å². The van der Waals surface area contributed by atoms with Gasteiger partial charge in [0.1, 0.15) is 0 Å². The zero-order valence-electron chi connectivity index (χ0n) is 6.00. The van der Waals surface area contributed by atoms with Crippen LogP contribution in [0.25, 0.3) is 0 Å². The van der Waals surface area contributed by atoms with Crippen LogP contribution in [0.1, 0.15) is 5.56 Å². The number of hydrogen-bond donors (Lipinski definition) is 2. The average Bonchev–Trinajstić information content (AvgIpc) is 1.95. The number of aromatic amines is 1. The van der Waals surface area contributed by atoms with Gasteiger partial charge in [0.15, 0.2) is 0 Å². The summed E-state index contributed by atoms with van der Waals surface area (Å²) in [4.78, 5) is 6.94. The number of nitrogens with two attached hydrogens (primary N) is 1.